The Balaban J connectivity index is 0.000000167. The number of hydrogen-bond acceptors (Lipinski definition) is 10. The molecule has 0 radical (unpaired) electrons. The molecule has 0 spiro atoms. The molecule has 336 valence electrons. The van der Waals surface area contributed by atoms with Gasteiger partial charge in [-0.15, -0.1) is 5.10 Å². The maximum atomic E-state index is 13.4. The Morgan fingerprint density at radius 3 is 1.80 bits per heavy atom. The molecule has 3 aromatic carbocycles. The van der Waals surface area contributed by atoms with Crippen molar-refractivity contribution in [1.82, 2.24) is 20.0 Å². The van der Waals surface area contributed by atoms with Crippen LogP contribution in [-0.4, -0.2) is 89.9 Å². The molecular weight excluding hydrogens is 836 g/mol. The Morgan fingerprint density at radius 1 is 0.656 bits per heavy atom. The van der Waals surface area contributed by atoms with Crippen molar-refractivity contribution in [2.24, 2.45) is 11.8 Å². The first-order chi connectivity index (χ1) is 31.1. The van der Waals surface area contributed by atoms with E-state index in [2.05, 4.69) is 27.2 Å². The lowest BCUT2D eigenvalue weighted by atomic mass is 9.81. The van der Waals surface area contributed by atoms with E-state index in [1.54, 1.807) is 4.90 Å². The monoisotopic (exact) mass is 890 g/mol. The largest absolute Gasteiger partial charge is 0.481 e. The fraction of sp³-hybridized carbons (Fsp3) is 0.490. The molecule has 10 rings (SSSR count). The number of nitrogens with zero attached hydrogens (tertiary/aromatic N) is 6. The van der Waals surface area contributed by atoms with Crippen molar-refractivity contribution in [1.29, 1.82) is 0 Å². The number of ketones is 1. The molecule has 4 saturated carbocycles. The molecule has 64 heavy (non-hydrogen) atoms. The summed E-state index contributed by atoms with van der Waals surface area (Å²) < 4.78 is 6.22. The molecule has 15 heteroatoms. The van der Waals surface area contributed by atoms with E-state index in [0.29, 0.717) is 18.3 Å². The van der Waals surface area contributed by atoms with E-state index in [4.69, 9.17) is 21.1 Å². The highest BCUT2D eigenvalue weighted by atomic mass is 35.5. The Hall–Kier alpha value is -5.60. The number of carbonyl (C=O) groups is 5. The first-order valence-electron chi connectivity index (χ1n) is 22.9. The van der Waals surface area contributed by atoms with Crippen molar-refractivity contribution in [3.8, 4) is 0 Å². The average Bonchev–Trinajstić information content (AvgIpc) is 4.16. The van der Waals surface area contributed by atoms with Gasteiger partial charge in [-0.2, -0.15) is 0 Å². The third kappa shape index (κ3) is 8.91. The molecule has 3 heterocycles. The molecule has 2 N–H and O–H groups in total. The van der Waals surface area contributed by atoms with Crippen molar-refractivity contribution in [3.63, 3.8) is 0 Å². The number of aliphatic carboxylic acids is 1. The van der Waals surface area contributed by atoms with Gasteiger partial charge in [0.2, 0.25) is 17.7 Å². The number of Topliss-reactive ketones (excluding diaryl/α,β-unsaturated/α-hetero) is 1. The van der Waals surface area contributed by atoms with Crippen LogP contribution >= 0.6 is 11.6 Å². The Bertz CT molecular complexity index is 2370. The topological polar surface area (TPSA) is 178 Å². The number of hydrogen-bond donors (Lipinski definition) is 2. The number of carboxylic acids is 1. The Labute approximate surface area is 377 Å². The predicted octanol–water partition coefficient (Wildman–Crippen LogP) is 8.29. The first-order valence-corrected chi connectivity index (χ1v) is 23.3. The van der Waals surface area contributed by atoms with Gasteiger partial charge in [-0.05, 0) is 91.8 Å². The van der Waals surface area contributed by atoms with Crippen molar-refractivity contribution in [2.75, 3.05) is 16.4 Å². The lowest BCUT2D eigenvalue weighted by Gasteiger charge is -2.47. The van der Waals surface area contributed by atoms with Gasteiger partial charge in [0.05, 0.1) is 36.3 Å². The van der Waals surface area contributed by atoms with Crippen LogP contribution in [0.5, 0.6) is 0 Å². The number of benzene rings is 3. The van der Waals surface area contributed by atoms with Gasteiger partial charge in [0, 0.05) is 55.3 Å². The van der Waals surface area contributed by atoms with E-state index in [-0.39, 0.29) is 91.4 Å². The minimum Gasteiger partial charge on any atom is -0.481 e. The number of aliphatic hydroxyl groups excluding tert-OH is 1. The lowest BCUT2D eigenvalue weighted by molar-refractivity contribution is -0.142. The highest BCUT2D eigenvalue weighted by molar-refractivity contribution is 6.66. The van der Waals surface area contributed by atoms with E-state index in [1.165, 1.54) is 0 Å². The molecule has 1 aromatic heterocycles. The zero-order valence-electron chi connectivity index (χ0n) is 35.8. The SMILES string of the molecule is O=C(CO)CCC(=O)N(C1CC1)C1c2ccccc2N(C(=O)Cl)C2CCCC21.O=C(O)CCC(=O)N(C1CC1)C1c2ccccc2N(c2nnc(Cc3ccccc3)o2)C2CCCC21. The van der Waals surface area contributed by atoms with Gasteiger partial charge in [-0.25, -0.2) is 0 Å². The van der Waals surface area contributed by atoms with E-state index in [0.717, 1.165) is 92.3 Å². The fourth-order valence-corrected chi connectivity index (χ4v) is 11.3. The summed E-state index contributed by atoms with van der Waals surface area (Å²) in [4.78, 5) is 69.3. The summed E-state index contributed by atoms with van der Waals surface area (Å²) in [6.45, 7) is -0.527. The Kier molecular flexibility index (Phi) is 12.9. The third-order valence-electron chi connectivity index (χ3n) is 14.0. The van der Waals surface area contributed by atoms with Crippen LogP contribution < -0.4 is 9.80 Å². The third-order valence-corrected chi connectivity index (χ3v) is 14.2. The minimum absolute atomic E-state index is 0.00183. The summed E-state index contributed by atoms with van der Waals surface area (Å²) in [7, 11) is 0. The number of para-hydroxylation sites is 2. The molecular formula is C49H55ClN6O8. The summed E-state index contributed by atoms with van der Waals surface area (Å²) in [5, 5.41) is 26.5. The number of halogens is 1. The van der Waals surface area contributed by atoms with Gasteiger partial charge in [0.15, 0.2) is 5.78 Å². The maximum absolute atomic E-state index is 13.4. The molecule has 4 fully saturated rings. The van der Waals surface area contributed by atoms with E-state index < -0.39 is 17.9 Å². The highest BCUT2D eigenvalue weighted by Crippen LogP contribution is 2.55. The number of fused-ring (bicyclic) bond motifs is 4. The van der Waals surface area contributed by atoms with Gasteiger partial charge in [-0.1, -0.05) is 84.7 Å². The summed E-state index contributed by atoms with van der Waals surface area (Å²) in [6.07, 6.45) is 10.4. The second-order valence-corrected chi connectivity index (χ2v) is 18.4. The van der Waals surface area contributed by atoms with E-state index in [9.17, 15) is 29.1 Å². The van der Waals surface area contributed by atoms with E-state index in [1.807, 2.05) is 76.5 Å². The van der Waals surface area contributed by atoms with Crippen LogP contribution in [-0.2, 0) is 25.6 Å². The molecule has 6 aliphatic rings. The predicted molar refractivity (Wildman–Crippen MR) is 238 cm³/mol. The number of anilines is 3. The van der Waals surface area contributed by atoms with Crippen molar-refractivity contribution in [3.05, 3.63) is 101 Å². The van der Waals surface area contributed by atoms with Crippen LogP contribution in [0.4, 0.5) is 22.2 Å². The molecule has 6 atom stereocenters. The van der Waals surface area contributed by atoms with Crippen LogP contribution in [0.25, 0.3) is 0 Å². The first kappa shape index (κ1) is 43.6. The Morgan fingerprint density at radius 2 is 1.20 bits per heavy atom. The van der Waals surface area contributed by atoms with Gasteiger partial charge >= 0.3 is 17.4 Å². The van der Waals surface area contributed by atoms with Crippen LogP contribution in [0.1, 0.15) is 125 Å². The van der Waals surface area contributed by atoms with E-state index >= 15 is 0 Å². The number of rotatable bonds is 14. The number of aromatic nitrogens is 2. The standard InChI is InChI=1S/C28H30N4O4.C21H25ClN2O4/c33-25(15-16-26(34)35)31(19-13-14-19)27-20-9-4-5-11-22(20)32(23-12-6-10-21(23)27)28-30-29-24(36-28)17-18-7-2-1-3-8-18;22-21(28)24-17-6-2-1-4-15(17)20(16-5-3-7-18(16)24)23(13-8-9-13)19(27)11-10-14(26)12-25/h1-5,7-9,11,19,21,23,27H,6,10,12-17H2,(H,34,35);1-2,4,6,13,16,18,20,25H,3,5,7-12H2. The summed E-state index contributed by atoms with van der Waals surface area (Å²) in [5.41, 5.74) is 4.95. The highest BCUT2D eigenvalue weighted by Gasteiger charge is 2.53. The molecule has 4 aromatic rings. The van der Waals surface area contributed by atoms with Crippen LogP contribution in [0.15, 0.2) is 83.3 Å². The normalized spacial score (nSPS) is 24.0. The molecule has 6 unspecified atom stereocenters. The summed E-state index contributed by atoms with van der Waals surface area (Å²) in [5.74, 6) is -0.396. The van der Waals surface area contributed by atoms with Crippen molar-refractivity contribution < 1.29 is 38.6 Å². The maximum Gasteiger partial charge on any atom is 0.323 e. The minimum atomic E-state index is -0.934. The van der Waals surface area contributed by atoms with Gasteiger partial charge < -0.3 is 24.4 Å². The second kappa shape index (κ2) is 18.9. The van der Waals surface area contributed by atoms with Gasteiger partial charge in [0.25, 0.3) is 0 Å². The molecule has 2 aliphatic heterocycles. The van der Waals surface area contributed by atoms with Crippen LogP contribution in [0, 0.1) is 11.8 Å². The van der Waals surface area contributed by atoms with Crippen molar-refractivity contribution >= 4 is 57.9 Å². The second-order valence-electron chi connectivity index (χ2n) is 18.1. The molecule has 0 saturated heterocycles. The van der Waals surface area contributed by atoms with Crippen LogP contribution in [0.3, 0.4) is 0 Å². The van der Waals surface area contributed by atoms with Gasteiger partial charge in [-0.3, -0.25) is 33.8 Å². The molecule has 0 bridgehead atoms. The average molecular weight is 891 g/mol. The summed E-state index contributed by atoms with van der Waals surface area (Å²) >= 11 is 5.96. The molecule has 3 amide bonds. The van der Waals surface area contributed by atoms with Gasteiger partial charge in [0.1, 0.15) is 6.61 Å². The lowest BCUT2D eigenvalue weighted by Crippen LogP contribution is -2.51. The molecule has 4 aliphatic carbocycles. The quantitative estimate of drug-likeness (QED) is 0.0920. The summed E-state index contributed by atoms with van der Waals surface area (Å²) in [6, 6.07) is 26.9. The zero-order valence-corrected chi connectivity index (χ0v) is 36.6. The van der Waals surface area contributed by atoms with Crippen LogP contribution in [0.2, 0.25) is 0 Å². The fourth-order valence-electron chi connectivity index (χ4n) is 11.1. The number of carbonyl (C=O) groups excluding carboxylic acids is 4. The number of aliphatic hydroxyl groups is 1. The zero-order chi connectivity index (χ0) is 44.5. The number of amides is 3. The number of carboxylic acid groups (broad SMARTS) is 1. The molecule has 14 nitrogen and oxygen atoms in total. The smallest absolute Gasteiger partial charge is 0.323 e. The van der Waals surface area contributed by atoms with Crippen molar-refractivity contribution in [2.45, 2.75) is 133 Å².